The molecule has 0 spiro atoms. The van der Waals surface area contributed by atoms with Crippen molar-refractivity contribution < 1.29 is 9.53 Å². The minimum absolute atomic E-state index is 0.160. The van der Waals surface area contributed by atoms with Crippen molar-refractivity contribution >= 4 is 58.8 Å². The number of rotatable bonds is 6. The summed E-state index contributed by atoms with van der Waals surface area (Å²) in [5.41, 5.74) is 2.58. The first-order chi connectivity index (χ1) is 12.6. The Morgan fingerprint density at radius 3 is 2.92 bits per heavy atom. The van der Waals surface area contributed by atoms with Gasteiger partial charge in [-0.2, -0.15) is 15.1 Å². The Kier molecular flexibility index (Phi) is 4.78. The molecule has 3 aromatic heterocycles. The molecule has 8 nitrogen and oxygen atoms in total. The predicted octanol–water partition coefficient (Wildman–Crippen LogP) is 3.83. The number of aromatic nitrogens is 5. The Morgan fingerprint density at radius 2 is 2.23 bits per heavy atom. The quantitative estimate of drug-likeness (QED) is 0.533. The van der Waals surface area contributed by atoms with E-state index >= 15 is 0 Å². The molecule has 3 heterocycles. The molecule has 3 aromatic rings. The zero-order valence-corrected chi connectivity index (χ0v) is 17.2. The van der Waals surface area contributed by atoms with Gasteiger partial charge in [-0.15, -0.1) is 0 Å². The van der Waals surface area contributed by atoms with Gasteiger partial charge in [-0.3, -0.25) is 13.4 Å². The van der Waals surface area contributed by atoms with Gasteiger partial charge in [0.25, 0.3) is 0 Å². The van der Waals surface area contributed by atoms with Crippen LogP contribution in [-0.4, -0.2) is 36.1 Å². The van der Waals surface area contributed by atoms with Crippen molar-refractivity contribution in [3.63, 3.8) is 0 Å². The van der Waals surface area contributed by atoms with E-state index < -0.39 is 0 Å². The average Bonchev–Trinajstić information content (AvgIpc) is 3.17. The number of fused-ring (bicyclic) bond motifs is 1. The number of hydrogen-bond acceptors (Lipinski definition) is 7. The van der Waals surface area contributed by atoms with Crippen LogP contribution in [0.25, 0.3) is 11.0 Å². The van der Waals surface area contributed by atoms with Gasteiger partial charge in [0, 0.05) is 49.4 Å². The van der Waals surface area contributed by atoms with Gasteiger partial charge in [0.2, 0.25) is 11.8 Å². The van der Waals surface area contributed by atoms with Crippen LogP contribution in [0.2, 0.25) is 0 Å². The van der Waals surface area contributed by atoms with Crippen LogP contribution >= 0.6 is 30.3 Å². The first kappa shape index (κ1) is 17.6. The van der Waals surface area contributed by atoms with Gasteiger partial charge in [-0.1, -0.05) is 0 Å². The van der Waals surface area contributed by atoms with Gasteiger partial charge in [-0.05, 0) is 19.9 Å². The highest BCUT2D eigenvalue weighted by Gasteiger charge is 2.30. The summed E-state index contributed by atoms with van der Waals surface area (Å²) >= 11 is 2.21. The Hall–Kier alpha value is -1.82. The summed E-state index contributed by atoms with van der Waals surface area (Å²) in [5, 5.41) is 8.54. The SMILES string of the molecule is CCOc1nc(Nc2cnn(C3CC(=O)C3)c2C)nc2c1ccn2SI. The van der Waals surface area contributed by atoms with Crippen LogP contribution in [0.3, 0.4) is 0 Å². The van der Waals surface area contributed by atoms with Gasteiger partial charge in [-0.25, -0.2) is 0 Å². The summed E-state index contributed by atoms with van der Waals surface area (Å²) in [6.07, 6.45) is 4.80. The molecule has 0 radical (unpaired) electrons. The van der Waals surface area contributed by atoms with Crippen molar-refractivity contribution in [1.29, 1.82) is 0 Å². The molecule has 0 amide bonds. The lowest BCUT2D eigenvalue weighted by Crippen LogP contribution is -2.28. The number of ketones is 1. The van der Waals surface area contributed by atoms with Crippen molar-refractivity contribution in [2.24, 2.45) is 0 Å². The summed E-state index contributed by atoms with van der Waals surface area (Å²) in [6.45, 7) is 4.43. The van der Waals surface area contributed by atoms with E-state index in [2.05, 4.69) is 41.6 Å². The lowest BCUT2D eigenvalue weighted by molar-refractivity contribution is -0.126. The van der Waals surface area contributed by atoms with E-state index in [1.165, 1.54) is 9.12 Å². The molecule has 1 aliphatic rings. The maximum absolute atomic E-state index is 11.3. The highest BCUT2D eigenvalue weighted by atomic mass is 127. The van der Waals surface area contributed by atoms with Crippen LogP contribution in [0.5, 0.6) is 5.88 Å². The molecular formula is C16H17IN6O2S. The molecule has 1 N–H and O–H groups in total. The van der Waals surface area contributed by atoms with Crippen molar-refractivity contribution in [3.05, 3.63) is 24.2 Å². The Morgan fingerprint density at radius 1 is 1.42 bits per heavy atom. The maximum atomic E-state index is 11.3. The van der Waals surface area contributed by atoms with E-state index in [4.69, 9.17) is 4.74 Å². The third-order valence-electron chi connectivity index (χ3n) is 4.39. The van der Waals surface area contributed by atoms with Gasteiger partial charge in [0.1, 0.15) is 5.78 Å². The van der Waals surface area contributed by atoms with Crippen molar-refractivity contribution in [3.8, 4) is 5.88 Å². The van der Waals surface area contributed by atoms with Gasteiger partial charge in [0.15, 0.2) is 5.65 Å². The fourth-order valence-corrected chi connectivity index (χ4v) is 4.26. The second kappa shape index (κ2) is 7.06. The molecule has 4 rings (SSSR count). The van der Waals surface area contributed by atoms with Crippen molar-refractivity contribution in [2.45, 2.75) is 32.7 Å². The second-order valence-electron chi connectivity index (χ2n) is 6.05. The largest absolute Gasteiger partial charge is 0.477 e. The number of nitrogens with zero attached hydrogens (tertiary/aromatic N) is 5. The van der Waals surface area contributed by atoms with Crippen LogP contribution < -0.4 is 10.1 Å². The maximum Gasteiger partial charge on any atom is 0.232 e. The lowest BCUT2D eigenvalue weighted by Gasteiger charge is -2.25. The molecule has 10 heteroatoms. The highest BCUT2D eigenvalue weighted by molar-refractivity contribution is 14.2. The standard InChI is InChI=1S/C16H17IN6O2S/c1-3-25-15-12-4-5-22(26-17)14(12)20-16(21-15)19-13-8-18-23(9(13)2)10-6-11(24)7-10/h4-5,8,10H,3,6-7H2,1-2H3,(H,19,20,21). The molecule has 136 valence electrons. The number of carbonyl (C=O) groups excluding carboxylic acids is 1. The van der Waals surface area contributed by atoms with E-state index in [-0.39, 0.29) is 11.8 Å². The van der Waals surface area contributed by atoms with E-state index in [1.807, 2.05) is 34.8 Å². The molecule has 1 fully saturated rings. The third-order valence-corrected chi connectivity index (χ3v) is 6.11. The number of Topliss-reactive ketones (excluding diaryl/α,β-unsaturated/α-hetero) is 1. The normalized spacial score (nSPS) is 14.7. The third kappa shape index (κ3) is 3.04. The summed E-state index contributed by atoms with van der Waals surface area (Å²) in [5.74, 6) is 1.30. The average molecular weight is 484 g/mol. The number of carbonyl (C=O) groups is 1. The van der Waals surface area contributed by atoms with E-state index in [9.17, 15) is 4.79 Å². The van der Waals surface area contributed by atoms with Gasteiger partial charge >= 0.3 is 0 Å². The first-order valence-corrected chi connectivity index (χ1v) is 11.6. The van der Waals surface area contributed by atoms with Crippen molar-refractivity contribution in [2.75, 3.05) is 11.9 Å². The highest BCUT2D eigenvalue weighted by Crippen LogP contribution is 2.33. The van der Waals surface area contributed by atoms with Crippen LogP contribution in [0, 0.1) is 6.92 Å². The lowest BCUT2D eigenvalue weighted by atomic mass is 9.91. The van der Waals surface area contributed by atoms with Crippen LogP contribution in [0.4, 0.5) is 11.6 Å². The van der Waals surface area contributed by atoms with Gasteiger partial charge in [0.05, 0.1) is 35.6 Å². The van der Waals surface area contributed by atoms with E-state index in [0.717, 1.165) is 22.4 Å². The second-order valence-corrected chi connectivity index (χ2v) is 7.76. The molecule has 0 bridgehead atoms. The van der Waals surface area contributed by atoms with Crippen LogP contribution in [-0.2, 0) is 4.79 Å². The number of ether oxygens (including phenoxy) is 1. The molecule has 0 atom stereocenters. The zero-order chi connectivity index (χ0) is 18.3. The minimum Gasteiger partial charge on any atom is -0.477 e. The molecule has 0 aromatic carbocycles. The molecule has 0 aliphatic heterocycles. The predicted molar refractivity (Wildman–Crippen MR) is 109 cm³/mol. The summed E-state index contributed by atoms with van der Waals surface area (Å²) in [6, 6.07) is 2.11. The molecular weight excluding hydrogens is 467 g/mol. The fourth-order valence-electron chi connectivity index (χ4n) is 3.00. The topological polar surface area (TPSA) is 86.9 Å². The summed E-state index contributed by atoms with van der Waals surface area (Å²) < 4.78 is 9.55. The molecule has 1 aliphatic carbocycles. The Bertz CT molecular complexity index is 977. The first-order valence-electron chi connectivity index (χ1n) is 8.24. The minimum atomic E-state index is 0.160. The van der Waals surface area contributed by atoms with E-state index in [0.29, 0.717) is 31.3 Å². The number of anilines is 2. The Balaban J connectivity index is 1.67. The van der Waals surface area contributed by atoms with Crippen molar-refractivity contribution in [1.82, 2.24) is 23.7 Å². The molecule has 0 saturated heterocycles. The van der Waals surface area contributed by atoms with Gasteiger partial charge < -0.3 is 10.1 Å². The number of hydrogen-bond donors (Lipinski definition) is 1. The number of halogens is 1. The zero-order valence-electron chi connectivity index (χ0n) is 14.3. The smallest absolute Gasteiger partial charge is 0.232 e. The van der Waals surface area contributed by atoms with Crippen LogP contribution in [0.15, 0.2) is 18.5 Å². The Labute approximate surface area is 166 Å². The monoisotopic (exact) mass is 484 g/mol. The summed E-state index contributed by atoms with van der Waals surface area (Å²) in [7, 11) is 1.53. The number of nitrogens with one attached hydrogen (secondary N) is 1. The molecule has 26 heavy (non-hydrogen) atoms. The fraction of sp³-hybridized carbons (Fsp3) is 0.375. The molecule has 0 unspecified atom stereocenters. The van der Waals surface area contributed by atoms with E-state index in [1.54, 1.807) is 6.20 Å². The molecule has 1 saturated carbocycles. The van der Waals surface area contributed by atoms with Crippen LogP contribution in [0.1, 0.15) is 31.5 Å². The summed E-state index contributed by atoms with van der Waals surface area (Å²) in [4.78, 5) is 20.4.